The molecule has 0 aliphatic heterocycles. The summed E-state index contributed by atoms with van der Waals surface area (Å²) in [7, 11) is 3.29. The maximum absolute atomic E-state index is 6.49. The van der Waals surface area contributed by atoms with Crippen LogP contribution in [0.15, 0.2) is 60.7 Å². The Balaban J connectivity index is 1.72. The van der Waals surface area contributed by atoms with Crippen LogP contribution in [0.5, 0.6) is 23.0 Å². The molecule has 0 fully saturated rings. The third kappa shape index (κ3) is 4.90. The van der Waals surface area contributed by atoms with E-state index in [0.717, 1.165) is 28.2 Å². The lowest BCUT2D eigenvalue weighted by atomic mass is 10.2. The number of halogens is 1. The molecule has 0 aliphatic rings. The van der Waals surface area contributed by atoms with Gasteiger partial charge >= 0.3 is 0 Å². The van der Waals surface area contributed by atoms with Crippen LogP contribution in [0.2, 0.25) is 5.02 Å². The highest BCUT2D eigenvalue weighted by Crippen LogP contribution is 2.38. The van der Waals surface area contributed by atoms with Crippen LogP contribution < -0.4 is 18.9 Å². The summed E-state index contributed by atoms with van der Waals surface area (Å²) < 4.78 is 22.4. The Morgan fingerprint density at radius 1 is 0.679 bits per heavy atom. The van der Waals surface area contributed by atoms with Crippen molar-refractivity contribution in [3.05, 3.63) is 82.4 Å². The second-order valence-electron chi connectivity index (χ2n) is 6.30. The normalized spacial score (nSPS) is 10.4. The monoisotopic (exact) mass is 398 g/mol. The SMILES string of the molecule is COc1ccc(COc2ccc(C)c(Cl)c2OCc2ccc(OC)cc2)cc1. The van der Waals surface area contributed by atoms with E-state index in [2.05, 4.69) is 0 Å². The van der Waals surface area contributed by atoms with Crippen LogP contribution in [-0.2, 0) is 13.2 Å². The van der Waals surface area contributed by atoms with Crippen LogP contribution >= 0.6 is 11.6 Å². The van der Waals surface area contributed by atoms with E-state index in [-0.39, 0.29) is 0 Å². The first kappa shape index (κ1) is 19.9. The van der Waals surface area contributed by atoms with Crippen LogP contribution in [0.3, 0.4) is 0 Å². The van der Waals surface area contributed by atoms with Gasteiger partial charge in [-0.25, -0.2) is 0 Å². The number of aryl methyl sites for hydroxylation is 1. The molecule has 28 heavy (non-hydrogen) atoms. The van der Waals surface area contributed by atoms with E-state index in [1.807, 2.05) is 67.6 Å². The first-order valence-corrected chi connectivity index (χ1v) is 9.29. The summed E-state index contributed by atoms with van der Waals surface area (Å²) in [4.78, 5) is 0. The first-order valence-electron chi connectivity index (χ1n) is 8.91. The number of ether oxygens (including phenoxy) is 4. The van der Waals surface area contributed by atoms with Crippen molar-refractivity contribution in [2.24, 2.45) is 0 Å². The molecule has 0 saturated carbocycles. The van der Waals surface area contributed by atoms with Crippen LogP contribution in [0.25, 0.3) is 0 Å². The molecule has 0 radical (unpaired) electrons. The lowest BCUT2D eigenvalue weighted by Crippen LogP contribution is -2.02. The van der Waals surface area contributed by atoms with Gasteiger partial charge in [-0.05, 0) is 53.9 Å². The van der Waals surface area contributed by atoms with E-state index in [1.165, 1.54) is 0 Å². The van der Waals surface area contributed by atoms with Gasteiger partial charge in [0.05, 0.1) is 19.2 Å². The van der Waals surface area contributed by atoms with Crippen molar-refractivity contribution in [1.29, 1.82) is 0 Å². The van der Waals surface area contributed by atoms with Crippen molar-refractivity contribution in [2.45, 2.75) is 20.1 Å². The fourth-order valence-electron chi connectivity index (χ4n) is 2.65. The first-order chi connectivity index (χ1) is 13.6. The number of methoxy groups -OCH3 is 2. The second-order valence-corrected chi connectivity index (χ2v) is 6.68. The lowest BCUT2D eigenvalue weighted by Gasteiger charge is -2.16. The third-order valence-corrected chi connectivity index (χ3v) is 4.82. The predicted molar refractivity (Wildman–Crippen MR) is 111 cm³/mol. The summed E-state index contributed by atoms with van der Waals surface area (Å²) in [5.74, 6) is 2.78. The maximum atomic E-state index is 6.49. The Morgan fingerprint density at radius 3 is 1.68 bits per heavy atom. The Morgan fingerprint density at radius 2 is 1.18 bits per heavy atom. The van der Waals surface area contributed by atoms with E-state index in [4.69, 9.17) is 30.5 Å². The van der Waals surface area contributed by atoms with Crippen molar-refractivity contribution in [1.82, 2.24) is 0 Å². The number of benzene rings is 3. The molecule has 0 aromatic heterocycles. The number of hydrogen-bond donors (Lipinski definition) is 0. The highest BCUT2D eigenvalue weighted by atomic mass is 35.5. The average molecular weight is 399 g/mol. The Hall–Kier alpha value is -2.85. The van der Waals surface area contributed by atoms with Gasteiger partial charge in [0.15, 0.2) is 11.5 Å². The molecule has 0 N–H and O–H groups in total. The van der Waals surface area contributed by atoms with Gasteiger partial charge in [-0.15, -0.1) is 0 Å². The smallest absolute Gasteiger partial charge is 0.180 e. The lowest BCUT2D eigenvalue weighted by molar-refractivity contribution is 0.256. The van der Waals surface area contributed by atoms with Gasteiger partial charge in [0.25, 0.3) is 0 Å². The predicted octanol–water partition coefficient (Wildman–Crippen LogP) is 5.82. The second kappa shape index (κ2) is 9.38. The van der Waals surface area contributed by atoms with E-state index < -0.39 is 0 Å². The van der Waals surface area contributed by atoms with Gasteiger partial charge in [-0.3, -0.25) is 0 Å². The van der Waals surface area contributed by atoms with Gasteiger partial charge in [0.2, 0.25) is 0 Å². The number of hydrogen-bond acceptors (Lipinski definition) is 4. The molecular weight excluding hydrogens is 376 g/mol. The van der Waals surface area contributed by atoms with E-state index in [0.29, 0.717) is 29.7 Å². The summed E-state index contributed by atoms with van der Waals surface area (Å²) in [6, 6.07) is 19.3. The molecular formula is C23H23ClO4. The fraction of sp³-hybridized carbons (Fsp3) is 0.217. The molecule has 0 amide bonds. The molecule has 3 aromatic rings. The van der Waals surface area contributed by atoms with Gasteiger partial charge in [0.1, 0.15) is 24.7 Å². The van der Waals surface area contributed by atoms with Crippen LogP contribution in [0.4, 0.5) is 0 Å². The standard InChI is InChI=1S/C23H23ClO4/c1-16-4-13-21(27-14-17-5-9-19(25-2)10-6-17)23(22(16)24)28-15-18-7-11-20(26-3)12-8-18/h4-13H,14-15H2,1-3H3. The summed E-state index contributed by atoms with van der Waals surface area (Å²) >= 11 is 6.49. The molecule has 3 aromatic carbocycles. The summed E-state index contributed by atoms with van der Waals surface area (Å²) in [6.07, 6.45) is 0. The van der Waals surface area contributed by atoms with Gasteiger partial charge in [0, 0.05) is 0 Å². The van der Waals surface area contributed by atoms with E-state index >= 15 is 0 Å². The molecule has 0 aliphatic carbocycles. The minimum Gasteiger partial charge on any atom is -0.497 e. The number of rotatable bonds is 8. The fourth-order valence-corrected chi connectivity index (χ4v) is 2.86. The van der Waals surface area contributed by atoms with Crippen molar-refractivity contribution in [2.75, 3.05) is 14.2 Å². The Bertz CT molecular complexity index is 905. The van der Waals surface area contributed by atoms with Crippen LogP contribution in [0.1, 0.15) is 16.7 Å². The molecule has 0 spiro atoms. The topological polar surface area (TPSA) is 36.9 Å². The summed E-state index contributed by atoms with van der Waals surface area (Å²) in [5.41, 5.74) is 2.97. The van der Waals surface area contributed by atoms with Crippen molar-refractivity contribution in [3.63, 3.8) is 0 Å². The minimum absolute atomic E-state index is 0.381. The summed E-state index contributed by atoms with van der Waals surface area (Å²) in [6.45, 7) is 2.73. The van der Waals surface area contributed by atoms with Crippen LogP contribution in [0, 0.1) is 6.92 Å². The zero-order valence-corrected chi connectivity index (χ0v) is 17.0. The molecule has 4 nitrogen and oxygen atoms in total. The zero-order chi connectivity index (χ0) is 19.9. The molecule has 0 bridgehead atoms. The average Bonchev–Trinajstić information content (AvgIpc) is 2.74. The highest BCUT2D eigenvalue weighted by molar-refractivity contribution is 6.33. The molecule has 0 atom stereocenters. The van der Waals surface area contributed by atoms with Crippen LogP contribution in [-0.4, -0.2) is 14.2 Å². The van der Waals surface area contributed by atoms with Gasteiger partial charge < -0.3 is 18.9 Å². The Labute approximate surface area is 170 Å². The van der Waals surface area contributed by atoms with Gasteiger partial charge in [-0.1, -0.05) is 41.9 Å². The minimum atomic E-state index is 0.381. The molecule has 0 heterocycles. The van der Waals surface area contributed by atoms with Crippen molar-refractivity contribution in [3.8, 4) is 23.0 Å². The van der Waals surface area contributed by atoms with Crippen molar-refractivity contribution >= 4 is 11.6 Å². The van der Waals surface area contributed by atoms with E-state index in [9.17, 15) is 0 Å². The Kier molecular flexibility index (Phi) is 6.66. The molecule has 0 unspecified atom stereocenters. The molecule has 0 saturated heterocycles. The van der Waals surface area contributed by atoms with E-state index in [1.54, 1.807) is 14.2 Å². The van der Waals surface area contributed by atoms with Crippen molar-refractivity contribution < 1.29 is 18.9 Å². The quantitative estimate of drug-likeness (QED) is 0.478. The third-order valence-electron chi connectivity index (χ3n) is 4.35. The summed E-state index contributed by atoms with van der Waals surface area (Å²) in [5, 5.41) is 0.556. The zero-order valence-electron chi connectivity index (χ0n) is 16.2. The molecule has 146 valence electrons. The largest absolute Gasteiger partial charge is 0.497 e. The molecule has 5 heteroatoms. The van der Waals surface area contributed by atoms with Gasteiger partial charge in [-0.2, -0.15) is 0 Å². The highest BCUT2D eigenvalue weighted by Gasteiger charge is 2.13. The molecule has 3 rings (SSSR count). The maximum Gasteiger partial charge on any atom is 0.180 e.